The van der Waals surface area contributed by atoms with Crippen LogP contribution in [0.4, 0.5) is 5.69 Å². The summed E-state index contributed by atoms with van der Waals surface area (Å²) in [6, 6.07) is 6.76. The van der Waals surface area contributed by atoms with Crippen molar-refractivity contribution in [3.63, 3.8) is 0 Å². The van der Waals surface area contributed by atoms with Crippen molar-refractivity contribution in [3.05, 3.63) is 29.8 Å². The van der Waals surface area contributed by atoms with E-state index < -0.39 is 10.0 Å². The average Bonchev–Trinajstić information content (AvgIpc) is 2.78. The molecule has 0 aliphatic carbocycles. The largest absolute Gasteiger partial charge is 0.336 e. The second-order valence-electron chi connectivity index (χ2n) is 5.56. The summed E-state index contributed by atoms with van der Waals surface area (Å²) >= 11 is 0. The number of carbonyl (C=O) groups is 1. The van der Waals surface area contributed by atoms with Gasteiger partial charge in [-0.2, -0.15) is 0 Å². The first kappa shape index (κ1) is 18.7. The van der Waals surface area contributed by atoms with Crippen molar-refractivity contribution < 1.29 is 13.2 Å². The van der Waals surface area contributed by atoms with Crippen molar-refractivity contribution in [1.29, 1.82) is 0 Å². The Morgan fingerprint density at radius 3 is 2.59 bits per heavy atom. The summed E-state index contributed by atoms with van der Waals surface area (Å²) in [6.45, 7) is 3.15. The zero-order valence-electron chi connectivity index (χ0n) is 12.7. The minimum absolute atomic E-state index is 0. The fourth-order valence-electron chi connectivity index (χ4n) is 2.71. The summed E-state index contributed by atoms with van der Waals surface area (Å²) in [5.74, 6) is 0.143. The Morgan fingerprint density at radius 2 is 2.05 bits per heavy atom. The molecule has 124 valence electrons. The van der Waals surface area contributed by atoms with E-state index in [-0.39, 0.29) is 24.4 Å². The third kappa shape index (κ3) is 4.34. The van der Waals surface area contributed by atoms with Gasteiger partial charge < -0.3 is 10.6 Å². The van der Waals surface area contributed by atoms with Gasteiger partial charge in [0.15, 0.2) is 0 Å². The predicted molar refractivity (Wildman–Crippen MR) is 89.8 cm³/mol. The molecule has 1 fully saturated rings. The van der Waals surface area contributed by atoms with Gasteiger partial charge >= 0.3 is 0 Å². The standard InChI is InChI=1S/C14H21N3O3S.ClH/c1-10-7-11(8-15)9-17(10)14(18)12-5-3-4-6-13(12)16-21(2,19)20;/h3-6,10-11,16H,7-9,15H2,1-2H3;1H. The zero-order chi connectivity index (χ0) is 15.6. The lowest BCUT2D eigenvalue weighted by Crippen LogP contribution is -2.35. The molecule has 2 atom stereocenters. The molecule has 1 saturated heterocycles. The number of halogens is 1. The maximum atomic E-state index is 12.7. The summed E-state index contributed by atoms with van der Waals surface area (Å²) in [5, 5.41) is 0. The van der Waals surface area contributed by atoms with Crippen molar-refractivity contribution in [3.8, 4) is 0 Å². The number of benzene rings is 1. The first-order valence-electron chi connectivity index (χ1n) is 6.89. The molecule has 6 nitrogen and oxygen atoms in total. The molecule has 1 aliphatic heterocycles. The van der Waals surface area contributed by atoms with Gasteiger partial charge in [0.1, 0.15) is 0 Å². The van der Waals surface area contributed by atoms with Crippen LogP contribution in [0, 0.1) is 5.92 Å². The molecule has 1 aliphatic rings. The average molecular weight is 348 g/mol. The Hall–Kier alpha value is -1.31. The smallest absolute Gasteiger partial charge is 0.256 e. The minimum atomic E-state index is -3.43. The molecule has 22 heavy (non-hydrogen) atoms. The van der Waals surface area contributed by atoms with Crippen LogP contribution in [0.5, 0.6) is 0 Å². The van der Waals surface area contributed by atoms with Crippen LogP contribution in [0.15, 0.2) is 24.3 Å². The molecule has 0 spiro atoms. The number of hydrogen-bond donors (Lipinski definition) is 2. The predicted octanol–water partition coefficient (Wildman–Crippen LogP) is 1.29. The minimum Gasteiger partial charge on any atom is -0.336 e. The third-order valence-corrected chi connectivity index (χ3v) is 4.30. The number of hydrogen-bond acceptors (Lipinski definition) is 4. The van der Waals surface area contributed by atoms with Crippen LogP contribution in [-0.2, 0) is 10.0 Å². The van der Waals surface area contributed by atoms with Crippen molar-refractivity contribution in [2.24, 2.45) is 11.7 Å². The van der Waals surface area contributed by atoms with Crippen molar-refractivity contribution in [2.45, 2.75) is 19.4 Å². The van der Waals surface area contributed by atoms with Gasteiger partial charge in [0.05, 0.1) is 17.5 Å². The lowest BCUT2D eigenvalue weighted by molar-refractivity contribution is 0.0744. The Morgan fingerprint density at radius 1 is 1.41 bits per heavy atom. The number of carbonyl (C=O) groups excluding carboxylic acids is 1. The summed E-state index contributed by atoms with van der Waals surface area (Å²) in [6.07, 6.45) is 1.95. The molecule has 0 bridgehead atoms. The topological polar surface area (TPSA) is 92.5 Å². The van der Waals surface area contributed by atoms with Gasteiger partial charge in [0, 0.05) is 12.6 Å². The second-order valence-corrected chi connectivity index (χ2v) is 7.31. The van der Waals surface area contributed by atoms with E-state index in [9.17, 15) is 13.2 Å². The van der Waals surface area contributed by atoms with Crippen LogP contribution in [0.1, 0.15) is 23.7 Å². The summed E-state index contributed by atoms with van der Waals surface area (Å²) < 4.78 is 25.2. The van der Waals surface area contributed by atoms with Crippen LogP contribution in [0.2, 0.25) is 0 Å². The van der Waals surface area contributed by atoms with Gasteiger partial charge in [0.25, 0.3) is 5.91 Å². The van der Waals surface area contributed by atoms with E-state index in [4.69, 9.17) is 5.73 Å². The number of nitrogens with zero attached hydrogens (tertiary/aromatic N) is 1. The Labute approximate surface area is 137 Å². The Kier molecular flexibility index (Phi) is 6.22. The molecule has 0 aromatic heterocycles. The first-order chi connectivity index (χ1) is 9.81. The number of para-hydroxylation sites is 1. The number of sulfonamides is 1. The molecule has 3 N–H and O–H groups in total. The molecular formula is C14H22ClN3O3S. The molecule has 1 aromatic rings. The summed E-state index contributed by atoms with van der Waals surface area (Å²) in [4.78, 5) is 14.4. The monoisotopic (exact) mass is 347 g/mol. The molecule has 2 rings (SSSR count). The summed E-state index contributed by atoms with van der Waals surface area (Å²) in [7, 11) is -3.43. The molecule has 2 unspecified atom stereocenters. The number of rotatable bonds is 4. The fraction of sp³-hybridized carbons (Fsp3) is 0.500. The molecular weight excluding hydrogens is 326 g/mol. The second kappa shape index (κ2) is 7.30. The van der Waals surface area contributed by atoms with Gasteiger partial charge in [-0.25, -0.2) is 8.42 Å². The van der Waals surface area contributed by atoms with Gasteiger partial charge in [-0.3, -0.25) is 9.52 Å². The van der Waals surface area contributed by atoms with Gasteiger partial charge in [-0.1, -0.05) is 12.1 Å². The highest BCUT2D eigenvalue weighted by Crippen LogP contribution is 2.26. The van der Waals surface area contributed by atoms with E-state index in [1.54, 1.807) is 29.2 Å². The van der Waals surface area contributed by atoms with Gasteiger partial charge in [0.2, 0.25) is 10.0 Å². The highest BCUT2D eigenvalue weighted by atomic mass is 35.5. The number of nitrogens with one attached hydrogen (secondary N) is 1. The molecule has 0 saturated carbocycles. The van der Waals surface area contributed by atoms with E-state index >= 15 is 0 Å². The SMILES string of the molecule is CC1CC(CN)CN1C(=O)c1ccccc1NS(C)(=O)=O.Cl. The van der Waals surface area contributed by atoms with Crippen molar-refractivity contribution >= 4 is 34.0 Å². The number of nitrogens with two attached hydrogens (primary N) is 1. The van der Waals surface area contributed by atoms with Crippen LogP contribution in [0.3, 0.4) is 0 Å². The van der Waals surface area contributed by atoms with E-state index in [2.05, 4.69) is 4.72 Å². The van der Waals surface area contributed by atoms with E-state index in [1.165, 1.54) is 0 Å². The maximum absolute atomic E-state index is 12.7. The van der Waals surface area contributed by atoms with E-state index in [0.717, 1.165) is 12.7 Å². The molecule has 1 aromatic carbocycles. The Bertz CT molecular complexity index is 636. The van der Waals surface area contributed by atoms with Crippen LogP contribution in [-0.4, -0.2) is 44.6 Å². The number of amides is 1. The fourth-order valence-corrected chi connectivity index (χ4v) is 3.29. The molecule has 1 heterocycles. The molecule has 0 radical (unpaired) electrons. The van der Waals surface area contributed by atoms with Crippen molar-refractivity contribution in [2.75, 3.05) is 24.1 Å². The zero-order valence-corrected chi connectivity index (χ0v) is 14.3. The number of anilines is 1. The Balaban J connectivity index is 0.00000242. The quantitative estimate of drug-likeness (QED) is 0.858. The molecule has 1 amide bonds. The van der Waals surface area contributed by atoms with Gasteiger partial charge in [-0.15, -0.1) is 12.4 Å². The number of likely N-dealkylation sites (tertiary alicyclic amines) is 1. The van der Waals surface area contributed by atoms with Crippen molar-refractivity contribution in [1.82, 2.24) is 4.90 Å². The first-order valence-corrected chi connectivity index (χ1v) is 8.79. The lowest BCUT2D eigenvalue weighted by atomic mass is 10.1. The molecule has 8 heteroatoms. The van der Waals surface area contributed by atoms with Gasteiger partial charge in [-0.05, 0) is 37.9 Å². The van der Waals surface area contributed by atoms with Crippen LogP contribution in [0.25, 0.3) is 0 Å². The van der Waals surface area contributed by atoms with E-state index in [0.29, 0.717) is 30.3 Å². The summed E-state index contributed by atoms with van der Waals surface area (Å²) in [5.41, 5.74) is 6.36. The van der Waals surface area contributed by atoms with Crippen LogP contribution >= 0.6 is 12.4 Å². The van der Waals surface area contributed by atoms with E-state index in [1.807, 2.05) is 6.92 Å². The van der Waals surface area contributed by atoms with Crippen LogP contribution < -0.4 is 10.5 Å². The third-order valence-electron chi connectivity index (χ3n) is 3.71. The highest BCUT2D eigenvalue weighted by molar-refractivity contribution is 7.92. The normalized spacial score (nSPS) is 21.3. The highest BCUT2D eigenvalue weighted by Gasteiger charge is 2.33. The lowest BCUT2D eigenvalue weighted by Gasteiger charge is -2.23. The maximum Gasteiger partial charge on any atom is 0.256 e.